The van der Waals surface area contributed by atoms with Crippen molar-refractivity contribution >= 4 is 29.3 Å². The van der Waals surface area contributed by atoms with E-state index < -0.39 is 11.7 Å². The molecule has 0 aliphatic rings. The summed E-state index contributed by atoms with van der Waals surface area (Å²) in [7, 11) is 1.56. The summed E-state index contributed by atoms with van der Waals surface area (Å²) >= 11 is 1.14. The summed E-state index contributed by atoms with van der Waals surface area (Å²) in [6.07, 6.45) is 0. The molecule has 3 aromatic carbocycles. The van der Waals surface area contributed by atoms with Gasteiger partial charge in [0, 0.05) is 5.56 Å². The second kappa shape index (κ2) is 12.1. The van der Waals surface area contributed by atoms with Crippen LogP contribution in [0.15, 0.2) is 78.0 Å². The summed E-state index contributed by atoms with van der Waals surface area (Å²) in [5, 5.41) is 14.4. The molecule has 0 aliphatic carbocycles. The highest BCUT2D eigenvalue weighted by Crippen LogP contribution is 2.29. The van der Waals surface area contributed by atoms with Gasteiger partial charge in [0.05, 0.1) is 30.8 Å². The quantitative estimate of drug-likeness (QED) is 0.273. The number of hydrogen-bond acceptors (Lipinski definition) is 6. The highest BCUT2D eigenvalue weighted by Gasteiger charge is 2.20. The third-order valence-corrected chi connectivity index (χ3v) is 6.86. The summed E-state index contributed by atoms with van der Waals surface area (Å²) in [6, 6.07) is 20.8. The third kappa shape index (κ3) is 6.83. The van der Waals surface area contributed by atoms with Gasteiger partial charge in [-0.15, -0.1) is 10.2 Å². The average molecular weight is 548 g/mol. The van der Waals surface area contributed by atoms with Crippen molar-refractivity contribution < 1.29 is 18.7 Å². The van der Waals surface area contributed by atoms with Crippen molar-refractivity contribution in [3.63, 3.8) is 0 Å². The molecule has 1 heterocycles. The van der Waals surface area contributed by atoms with E-state index in [1.807, 2.05) is 30.3 Å². The van der Waals surface area contributed by atoms with Crippen LogP contribution in [0.2, 0.25) is 0 Å². The third-order valence-electron chi connectivity index (χ3n) is 5.93. The normalized spacial score (nSPS) is 11.2. The largest absolute Gasteiger partial charge is 0.495 e. The van der Waals surface area contributed by atoms with Gasteiger partial charge in [0.15, 0.2) is 11.0 Å². The van der Waals surface area contributed by atoms with E-state index in [1.165, 1.54) is 12.1 Å². The van der Waals surface area contributed by atoms with Crippen LogP contribution in [0, 0.1) is 5.82 Å². The average Bonchev–Trinajstić information content (AvgIpc) is 3.34. The van der Waals surface area contributed by atoms with E-state index in [1.54, 1.807) is 42.0 Å². The molecule has 0 fully saturated rings. The summed E-state index contributed by atoms with van der Waals surface area (Å²) in [6.45, 7) is 6.44. The van der Waals surface area contributed by atoms with Gasteiger partial charge < -0.3 is 15.4 Å². The van der Waals surface area contributed by atoms with Crippen molar-refractivity contribution in [2.24, 2.45) is 0 Å². The number of amides is 2. The first-order valence-corrected chi connectivity index (χ1v) is 13.3. The van der Waals surface area contributed by atoms with Crippen LogP contribution >= 0.6 is 11.8 Å². The number of thioether (sulfide) groups is 1. The highest BCUT2D eigenvalue weighted by molar-refractivity contribution is 7.99. The molecule has 0 spiro atoms. The predicted molar refractivity (Wildman–Crippen MR) is 150 cm³/mol. The number of halogens is 1. The van der Waals surface area contributed by atoms with Gasteiger partial charge in [-0.2, -0.15) is 0 Å². The molecule has 1 aromatic heterocycles. The van der Waals surface area contributed by atoms with E-state index in [-0.39, 0.29) is 29.3 Å². The zero-order valence-electron chi connectivity index (χ0n) is 22.2. The van der Waals surface area contributed by atoms with E-state index in [0.717, 1.165) is 17.3 Å². The molecular formula is C29H30FN5O3S. The summed E-state index contributed by atoms with van der Waals surface area (Å²) in [5.41, 5.74) is 2.41. The maximum atomic E-state index is 13.9. The van der Waals surface area contributed by atoms with Crippen molar-refractivity contribution in [2.75, 3.05) is 18.2 Å². The lowest BCUT2D eigenvalue weighted by Gasteiger charge is -2.19. The Morgan fingerprint density at radius 1 is 0.974 bits per heavy atom. The number of ether oxygens (including phenoxy) is 1. The lowest BCUT2D eigenvalue weighted by molar-refractivity contribution is -0.113. The Hall–Kier alpha value is -4.18. The van der Waals surface area contributed by atoms with Gasteiger partial charge >= 0.3 is 0 Å². The van der Waals surface area contributed by atoms with Crippen LogP contribution in [0.3, 0.4) is 0 Å². The minimum atomic E-state index is -0.515. The lowest BCUT2D eigenvalue weighted by Crippen LogP contribution is -2.25. The molecule has 39 heavy (non-hydrogen) atoms. The van der Waals surface area contributed by atoms with Crippen LogP contribution in [0.4, 0.5) is 10.1 Å². The van der Waals surface area contributed by atoms with Gasteiger partial charge in [-0.1, -0.05) is 68.9 Å². The van der Waals surface area contributed by atoms with E-state index in [9.17, 15) is 14.0 Å². The van der Waals surface area contributed by atoms with Gasteiger partial charge in [-0.25, -0.2) is 4.39 Å². The van der Waals surface area contributed by atoms with Crippen LogP contribution in [0.1, 0.15) is 42.5 Å². The first-order chi connectivity index (χ1) is 18.7. The smallest absolute Gasteiger partial charge is 0.251 e. The topological polar surface area (TPSA) is 98.1 Å². The Balaban J connectivity index is 1.53. The number of carbonyl (C=O) groups excluding carboxylic acids is 2. The Morgan fingerprint density at radius 3 is 2.36 bits per heavy atom. The number of methoxy groups -OCH3 is 1. The number of rotatable bonds is 9. The molecule has 0 bridgehead atoms. The maximum Gasteiger partial charge on any atom is 0.251 e. The van der Waals surface area contributed by atoms with Gasteiger partial charge in [-0.3, -0.25) is 14.2 Å². The fourth-order valence-electron chi connectivity index (χ4n) is 3.83. The monoisotopic (exact) mass is 547 g/mol. The van der Waals surface area contributed by atoms with Gasteiger partial charge in [0.25, 0.3) is 5.91 Å². The summed E-state index contributed by atoms with van der Waals surface area (Å²) < 4.78 is 21.2. The fourth-order valence-corrected chi connectivity index (χ4v) is 4.59. The molecule has 202 valence electrons. The SMILES string of the molecule is COc1ccccc1-n1c(CNC(=O)c2ccc(C(C)(C)C)cc2)nnc1SCC(=O)Nc1ccccc1F. The first kappa shape index (κ1) is 27.8. The molecule has 10 heteroatoms. The van der Waals surface area contributed by atoms with E-state index in [2.05, 4.69) is 41.6 Å². The van der Waals surface area contributed by atoms with E-state index in [0.29, 0.717) is 28.0 Å². The second-order valence-electron chi connectivity index (χ2n) is 9.73. The molecule has 0 radical (unpaired) electrons. The van der Waals surface area contributed by atoms with Gasteiger partial charge in [0.1, 0.15) is 11.6 Å². The number of nitrogens with zero attached hydrogens (tertiary/aromatic N) is 3. The fraction of sp³-hybridized carbons (Fsp3) is 0.241. The minimum Gasteiger partial charge on any atom is -0.495 e. The van der Waals surface area contributed by atoms with Gasteiger partial charge in [0.2, 0.25) is 5.91 Å². The summed E-state index contributed by atoms with van der Waals surface area (Å²) in [4.78, 5) is 25.4. The predicted octanol–water partition coefficient (Wildman–Crippen LogP) is 5.37. The molecule has 8 nitrogen and oxygen atoms in total. The zero-order chi connectivity index (χ0) is 28.0. The summed E-state index contributed by atoms with van der Waals surface area (Å²) in [5.74, 6) is -0.166. The number of nitrogens with one attached hydrogen (secondary N) is 2. The lowest BCUT2D eigenvalue weighted by atomic mass is 9.87. The Labute approximate surface area is 231 Å². The number of aromatic nitrogens is 3. The van der Waals surface area contributed by atoms with Crippen molar-refractivity contribution in [1.29, 1.82) is 0 Å². The molecule has 0 aliphatic heterocycles. The maximum absolute atomic E-state index is 13.9. The van der Waals surface area contributed by atoms with Crippen LogP contribution in [0.5, 0.6) is 5.75 Å². The molecule has 0 saturated heterocycles. The first-order valence-electron chi connectivity index (χ1n) is 12.3. The van der Waals surface area contributed by atoms with E-state index >= 15 is 0 Å². The molecule has 4 aromatic rings. The standard InChI is InChI=1S/C29H30FN5O3S/c1-29(2,3)20-15-13-19(14-16-20)27(37)31-17-25-33-34-28(35(25)23-11-7-8-12-24(23)38-4)39-18-26(36)32-22-10-6-5-9-21(22)30/h5-16H,17-18H2,1-4H3,(H,31,37)(H,32,36). The number of benzene rings is 3. The molecule has 0 unspecified atom stereocenters. The molecule has 2 amide bonds. The molecule has 0 saturated carbocycles. The highest BCUT2D eigenvalue weighted by atomic mass is 32.2. The Bertz CT molecular complexity index is 1460. The number of hydrogen-bond donors (Lipinski definition) is 2. The van der Waals surface area contributed by atoms with Crippen molar-refractivity contribution in [3.05, 3.63) is 95.6 Å². The van der Waals surface area contributed by atoms with Crippen LogP contribution in [0.25, 0.3) is 5.69 Å². The second-order valence-corrected chi connectivity index (χ2v) is 10.7. The minimum absolute atomic E-state index is 0.0135. The molecule has 4 rings (SSSR count). The van der Waals surface area contributed by atoms with Crippen molar-refractivity contribution in [2.45, 2.75) is 37.9 Å². The van der Waals surface area contributed by atoms with Crippen LogP contribution < -0.4 is 15.4 Å². The zero-order valence-corrected chi connectivity index (χ0v) is 23.0. The number of anilines is 1. The number of carbonyl (C=O) groups is 2. The molecular weight excluding hydrogens is 517 g/mol. The molecule has 0 atom stereocenters. The van der Waals surface area contributed by atoms with Gasteiger partial charge in [-0.05, 0) is 47.4 Å². The Morgan fingerprint density at radius 2 is 1.67 bits per heavy atom. The molecule has 2 N–H and O–H groups in total. The number of para-hydroxylation sites is 3. The van der Waals surface area contributed by atoms with Crippen molar-refractivity contribution in [3.8, 4) is 11.4 Å². The Kier molecular flexibility index (Phi) is 8.65. The van der Waals surface area contributed by atoms with Crippen LogP contribution in [-0.2, 0) is 16.8 Å². The van der Waals surface area contributed by atoms with E-state index in [4.69, 9.17) is 4.74 Å². The van der Waals surface area contributed by atoms with Crippen LogP contribution in [-0.4, -0.2) is 39.4 Å². The van der Waals surface area contributed by atoms with Crippen molar-refractivity contribution in [1.82, 2.24) is 20.1 Å².